The van der Waals surface area contributed by atoms with E-state index in [1.165, 1.54) is 5.56 Å². The first-order valence-corrected chi connectivity index (χ1v) is 7.82. The molecule has 0 saturated carbocycles. The van der Waals surface area contributed by atoms with Gasteiger partial charge in [-0.05, 0) is 25.3 Å². The number of carbonyl (C=O) groups is 1. The number of ether oxygens (including phenoxy) is 1. The molecule has 0 amide bonds. The van der Waals surface area contributed by atoms with Crippen LogP contribution in [-0.4, -0.2) is 30.0 Å². The van der Waals surface area contributed by atoms with Gasteiger partial charge in [-0.2, -0.15) is 0 Å². The number of carbonyl (C=O) groups excluding carboxylic acids is 1. The Morgan fingerprint density at radius 3 is 2.95 bits per heavy atom. The molecule has 1 atom stereocenters. The molecule has 1 heterocycles. The zero-order valence-corrected chi connectivity index (χ0v) is 12.2. The second-order valence-electron chi connectivity index (χ2n) is 4.74. The van der Waals surface area contributed by atoms with Crippen molar-refractivity contribution in [2.75, 3.05) is 19.7 Å². The van der Waals surface area contributed by atoms with E-state index in [0.29, 0.717) is 6.61 Å². The molecule has 2 rings (SSSR count). The Kier molecular flexibility index (Phi) is 5.73. The Balaban J connectivity index is 1.79. The van der Waals surface area contributed by atoms with Gasteiger partial charge in [0, 0.05) is 18.8 Å². The minimum atomic E-state index is -0.0347. The highest BCUT2D eigenvalue weighted by Crippen LogP contribution is 2.25. The average Bonchev–Trinajstić information content (AvgIpc) is 2.47. The van der Waals surface area contributed by atoms with E-state index in [2.05, 4.69) is 28.6 Å². The molecule has 0 bridgehead atoms. The molecule has 1 fully saturated rings. The predicted molar refractivity (Wildman–Crippen MR) is 78.7 cm³/mol. The van der Waals surface area contributed by atoms with E-state index in [0.717, 1.165) is 31.7 Å². The largest absolute Gasteiger partial charge is 0.466 e. The average molecular weight is 279 g/mol. The summed E-state index contributed by atoms with van der Waals surface area (Å²) in [6.07, 6.45) is 2.03. The first-order valence-electron chi connectivity index (χ1n) is 6.88. The van der Waals surface area contributed by atoms with Crippen LogP contribution in [0, 0.1) is 5.92 Å². The summed E-state index contributed by atoms with van der Waals surface area (Å²) >= 11 is 1.82. The molecule has 1 aliphatic heterocycles. The third-order valence-electron chi connectivity index (χ3n) is 3.26. The van der Waals surface area contributed by atoms with Crippen LogP contribution < -0.4 is 0 Å². The van der Waals surface area contributed by atoms with Crippen LogP contribution in [0.2, 0.25) is 0 Å². The third kappa shape index (κ3) is 4.55. The summed E-state index contributed by atoms with van der Waals surface area (Å²) in [5, 5.41) is 0. The highest BCUT2D eigenvalue weighted by molar-refractivity contribution is 7.96. The summed E-state index contributed by atoms with van der Waals surface area (Å²) in [6.45, 7) is 4.22. The molecule has 1 aliphatic rings. The van der Waals surface area contributed by atoms with Crippen LogP contribution in [0.5, 0.6) is 0 Å². The number of esters is 1. The van der Waals surface area contributed by atoms with Gasteiger partial charge in [0.25, 0.3) is 0 Å². The van der Waals surface area contributed by atoms with Gasteiger partial charge in [0.2, 0.25) is 0 Å². The van der Waals surface area contributed by atoms with E-state index < -0.39 is 0 Å². The topological polar surface area (TPSA) is 29.5 Å². The van der Waals surface area contributed by atoms with Crippen LogP contribution in [-0.2, 0) is 15.3 Å². The van der Waals surface area contributed by atoms with Crippen LogP contribution in [0.4, 0.5) is 0 Å². The number of hydrogen-bond acceptors (Lipinski definition) is 4. The van der Waals surface area contributed by atoms with Gasteiger partial charge in [0.05, 0.1) is 12.5 Å². The lowest BCUT2D eigenvalue weighted by Gasteiger charge is -2.30. The van der Waals surface area contributed by atoms with E-state index in [1.807, 2.05) is 24.9 Å². The van der Waals surface area contributed by atoms with E-state index >= 15 is 0 Å². The molecular weight excluding hydrogens is 258 g/mol. The number of nitrogens with zero attached hydrogens (tertiary/aromatic N) is 1. The molecule has 0 spiro atoms. The molecule has 0 N–H and O–H groups in total. The summed E-state index contributed by atoms with van der Waals surface area (Å²) in [5.74, 6) is 0.987. The van der Waals surface area contributed by atoms with Crippen LogP contribution in [0.3, 0.4) is 0 Å². The lowest BCUT2D eigenvalue weighted by Crippen LogP contribution is -2.35. The van der Waals surface area contributed by atoms with Gasteiger partial charge in [-0.1, -0.05) is 42.3 Å². The van der Waals surface area contributed by atoms with Crippen molar-refractivity contribution in [1.29, 1.82) is 0 Å². The van der Waals surface area contributed by atoms with Crippen molar-refractivity contribution >= 4 is 17.9 Å². The highest BCUT2D eigenvalue weighted by atomic mass is 32.2. The summed E-state index contributed by atoms with van der Waals surface area (Å²) < 4.78 is 7.42. The molecule has 0 radical (unpaired) electrons. The minimum absolute atomic E-state index is 0.0347. The van der Waals surface area contributed by atoms with Crippen molar-refractivity contribution in [2.45, 2.75) is 25.5 Å². The third-order valence-corrected chi connectivity index (χ3v) is 4.42. The number of hydrogen-bond donors (Lipinski definition) is 0. The summed E-state index contributed by atoms with van der Waals surface area (Å²) in [4.78, 5) is 11.8. The monoisotopic (exact) mass is 279 g/mol. The van der Waals surface area contributed by atoms with Crippen molar-refractivity contribution in [1.82, 2.24) is 4.31 Å². The molecule has 4 heteroatoms. The maximum atomic E-state index is 11.8. The standard InChI is InChI=1S/C15H21NO2S/c1-2-18-15(17)14-9-6-10-16(11-14)19-12-13-7-4-3-5-8-13/h3-5,7-8,14H,2,6,9-12H2,1H3. The van der Waals surface area contributed by atoms with Gasteiger partial charge in [0.15, 0.2) is 0 Å². The second kappa shape index (κ2) is 7.56. The van der Waals surface area contributed by atoms with E-state index in [-0.39, 0.29) is 11.9 Å². The van der Waals surface area contributed by atoms with E-state index in [4.69, 9.17) is 4.74 Å². The lowest BCUT2D eigenvalue weighted by atomic mass is 10.0. The Hall–Kier alpha value is -1.00. The van der Waals surface area contributed by atoms with Gasteiger partial charge in [-0.25, -0.2) is 4.31 Å². The van der Waals surface area contributed by atoms with Crippen molar-refractivity contribution in [3.63, 3.8) is 0 Å². The van der Waals surface area contributed by atoms with Gasteiger partial charge in [-0.15, -0.1) is 0 Å². The number of piperidine rings is 1. The maximum Gasteiger partial charge on any atom is 0.310 e. The first-order chi connectivity index (χ1) is 9.29. The fourth-order valence-corrected chi connectivity index (χ4v) is 3.32. The second-order valence-corrected chi connectivity index (χ2v) is 5.80. The minimum Gasteiger partial charge on any atom is -0.466 e. The molecule has 3 nitrogen and oxygen atoms in total. The maximum absolute atomic E-state index is 11.8. The Morgan fingerprint density at radius 2 is 2.21 bits per heavy atom. The smallest absolute Gasteiger partial charge is 0.310 e. The Morgan fingerprint density at radius 1 is 1.42 bits per heavy atom. The summed E-state index contributed by atoms with van der Waals surface area (Å²) in [7, 11) is 0. The molecule has 0 aromatic heterocycles. The van der Waals surface area contributed by atoms with Crippen molar-refractivity contribution in [2.24, 2.45) is 5.92 Å². The van der Waals surface area contributed by atoms with Crippen LogP contribution in [0.1, 0.15) is 25.3 Å². The number of rotatable bonds is 5. The van der Waals surface area contributed by atoms with E-state index in [1.54, 1.807) is 0 Å². The zero-order valence-electron chi connectivity index (χ0n) is 11.4. The molecule has 1 saturated heterocycles. The van der Waals surface area contributed by atoms with Crippen molar-refractivity contribution < 1.29 is 9.53 Å². The first kappa shape index (κ1) is 14.4. The molecule has 1 aromatic rings. The molecule has 1 unspecified atom stereocenters. The van der Waals surface area contributed by atoms with Crippen molar-refractivity contribution in [3.8, 4) is 0 Å². The van der Waals surface area contributed by atoms with Gasteiger partial charge in [0.1, 0.15) is 0 Å². The summed E-state index contributed by atoms with van der Waals surface area (Å²) in [5.41, 5.74) is 1.32. The molecule has 1 aromatic carbocycles. The molecule has 0 aliphatic carbocycles. The van der Waals surface area contributed by atoms with Gasteiger partial charge >= 0.3 is 5.97 Å². The Bertz CT molecular complexity index is 396. The quantitative estimate of drug-likeness (QED) is 0.612. The molecular formula is C15H21NO2S. The van der Waals surface area contributed by atoms with Crippen molar-refractivity contribution in [3.05, 3.63) is 35.9 Å². The van der Waals surface area contributed by atoms with Crippen LogP contribution >= 0.6 is 11.9 Å². The van der Waals surface area contributed by atoms with Crippen LogP contribution in [0.25, 0.3) is 0 Å². The summed E-state index contributed by atoms with van der Waals surface area (Å²) in [6, 6.07) is 10.4. The molecule has 19 heavy (non-hydrogen) atoms. The van der Waals surface area contributed by atoms with Gasteiger partial charge < -0.3 is 4.74 Å². The number of benzene rings is 1. The Labute approximate surface area is 119 Å². The lowest BCUT2D eigenvalue weighted by molar-refractivity contribution is -0.149. The zero-order chi connectivity index (χ0) is 13.5. The molecule has 104 valence electrons. The van der Waals surface area contributed by atoms with Crippen LogP contribution in [0.15, 0.2) is 30.3 Å². The SMILES string of the molecule is CCOC(=O)C1CCCN(SCc2ccccc2)C1. The fraction of sp³-hybridized carbons (Fsp3) is 0.533. The van der Waals surface area contributed by atoms with Gasteiger partial charge in [-0.3, -0.25) is 4.79 Å². The fourth-order valence-electron chi connectivity index (χ4n) is 2.25. The van der Waals surface area contributed by atoms with E-state index in [9.17, 15) is 4.79 Å². The predicted octanol–water partition coefficient (Wildman–Crippen LogP) is 3.11. The highest BCUT2D eigenvalue weighted by Gasteiger charge is 2.26. The normalized spacial score (nSPS) is 20.2.